The van der Waals surface area contributed by atoms with Crippen LogP contribution in [0.15, 0.2) is 18.3 Å². The minimum absolute atomic E-state index is 0.157. The Bertz CT molecular complexity index is 625. The van der Waals surface area contributed by atoms with Gasteiger partial charge in [-0.25, -0.2) is 9.78 Å². The zero-order valence-corrected chi connectivity index (χ0v) is 12.9. The number of aromatic nitrogens is 1. The summed E-state index contributed by atoms with van der Waals surface area (Å²) in [5.74, 6) is 0.132. The first-order valence-corrected chi connectivity index (χ1v) is 7.23. The monoisotopic (exact) mass is 305 g/mol. The quantitative estimate of drug-likeness (QED) is 0.790. The number of anilines is 1. The number of carbonyl (C=O) groups excluding carboxylic acids is 2. The molecule has 3 rings (SSSR count). The van der Waals surface area contributed by atoms with Crippen LogP contribution in [0.3, 0.4) is 0 Å². The molecule has 1 N–H and O–H groups in total. The van der Waals surface area contributed by atoms with E-state index in [0.717, 1.165) is 0 Å². The summed E-state index contributed by atoms with van der Waals surface area (Å²) >= 11 is 0. The van der Waals surface area contributed by atoms with Crippen molar-refractivity contribution < 1.29 is 19.1 Å². The van der Waals surface area contributed by atoms with Crippen LogP contribution in [-0.4, -0.2) is 46.2 Å². The van der Waals surface area contributed by atoms with E-state index in [2.05, 4.69) is 10.3 Å². The van der Waals surface area contributed by atoms with Gasteiger partial charge in [0.2, 0.25) is 11.5 Å². The molecule has 118 valence electrons. The fraction of sp³-hybridized carbons (Fsp3) is 0.533. The summed E-state index contributed by atoms with van der Waals surface area (Å²) in [6.07, 6.45) is 1.58. The van der Waals surface area contributed by atoms with Crippen LogP contribution in [0.4, 0.5) is 10.5 Å². The summed E-state index contributed by atoms with van der Waals surface area (Å²) in [5.41, 5.74) is -1.11. The molecule has 0 saturated carbocycles. The second-order valence-corrected chi connectivity index (χ2v) is 6.56. The van der Waals surface area contributed by atoms with Gasteiger partial charge in [-0.05, 0) is 32.9 Å². The Hall–Kier alpha value is -2.31. The molecule has 1 unspecified atom stereocenters. The van der Waals surface area contributed by atoms with E-state index in [1.165, 1.54) is 4.90 Å². The van der Waals surface area contributed by atoms with Gasteiger partial charge in [0, 0.05) is 19.2 Å². The van der Waals surface area contributed by atoms with E-state index in [1.54, 1.807) is 39.1 Å². The van der Waals surface area contributed by atoms with Crippen LogP contribution >= 0.6 is 0 Å². The Morgan fingerprint density at radius 1 is 1.50 bits per heavy atom. The molecule has 1 aromatic heterocycles. The molecule has 0 bridgehead atoms. The summed E-state index contributed by atoms with van der Waals surface area (Å²) in [6, 6.07) is 3.45. The number of likely N-dealkylation sites (tertiary alicyclic amines) is 1. The minimum Gasteiger partial charge on any atom is -0.457 e. The molecule has 2 amide bonds. The predicted octanol–water partition coefficient (Wildman–Crippen LogP) is 1.79. The summed E-state index contributed by atoms with van der Waals surface area (Å²) in [7, 11) is 0. The average molecular weight is 305 g/mol. The number of fused-ring (bicyclic) bond motifs is 1. The summed E-state index contributed by atoms with van der Waals surface area (Å²) in [5, 5.41) is 2.80. The van der Waals surface area contributed by atoms with Crippen molar-refractivity contribution in [3.8, 4) is 5.88 Å². The third kappa shape index (κ3) is 2.58. The maximum atomic E-state index is 12.4. The topological polar surface area (TPSA) is 80.8 Å². The van der Waals surface area contributed by atoms with Crippen molar-refractivity contribution >= 4 is 17.7 Å². The van der Waals surface area contributed by atoms with Crippen molar-refractivity contribution in [2.24, 2.45) is 0 Å². The standard InChI is InChI=1S/C15H19N3O4/c1-14(2,3)22-13(20)18-8-6-15(9-18)12(19)17-10-5-4-7-16-11(10)21-15/h4-5,7H,6,8-9H2,1-3H3,(H,17,19). The number of carbonyl (C=O) groups is 2. The Morgan fingerprint density at radius 3 is 3.00 bits per heavy atom. The first-order chi connectivity index (χ1) is 10.3. The number of hydrogen-bond acceptors (Lipinski definition) is 5. The molecule has 2 aliphatic rings. The summed E-state index contributed by atoms with van der Waals surface area (Å²) < 4.78 is 11.2. The van der Waals surface area contributed by atoms with Gasteiger partial charge in [-0.2, -0.15) is 0 Å². The third-order valence-corrected chi connectivity index (χ3v) is 3.61. The summed E-state index contributed by atoms with van der Waals surface area (Å²) in [4.78, 5) is 30.2. The van der Waals surface area contributed by atoms with Crippen LogP contribution < -0.4 is 10.1 Å². The zero-order chi connectivity index (χ0) is 16.0. The van der Waals surface area contributed by atoms with E-state index in [4.69, 9.17) is 9.47 Å². The van der Waals surface area contributed by atoms with Gasteiger partial charge in [-0.15, -0.1) is 0 Å². The smallest absolute Gasteiger partial charge is 0.410 e. The maximum absolute atomic E-state index is 12.4. The second-order valence-electron chi connectivity index (χ2n) is 6.56. The molecule has 2 aliphatic heterocycles. The Kier molecular flexibility index (Phi) is 3.23. The molecule has 0 aliphatic carbocycles. The number of ether oxygens (including phenoxy) is 2. The lowest BCUT2D eigenvalue weighted by Crippen LogP contribution is -2.53. The van der Waals surface area contributed by atoms with E-state index in [0.29, 0.717) is 24.5 Å². The van der Waals surface area contributed by atoms with Crippen LogP contribution in [0, 0.1) is 0 Å². The highest BCUT2D eigenvalue weighted by Gasteiger charge is 2.52. The zero-order valence-electron chi connectivity index (χ0n) is 12.9. The van der Waals surface area contributed by atoms with Crippen LogP contribution in [-0.2, 0) is 9.53 Å². The van der Waals surface area contributed by atoms with Crippen LogP contribution in [0.2, 0.25) is 0 Å². The molecule has 1 spiro atoms. The molecule has 1 aromatic rings. The molecule has 22 heavy (non-hydrogen) atoms. The van der Waals surface area contributed by atoms with Gasteiger partial charge in [0.05, 0.1) is 6.54 Å². The lowest BCUT2D eigenvalue weighted by molar-refractivity contribution is -0.131. The van der Waals surface area contributed by atoms with Crippen LogP contribution in [0.25, 0.3) is 0 Å². The third-order valence-electron chi connectivity index (χ3n) is 3.61. The lowest BCUT2D eigenvalue weighted by atomic mass is 10.0. The lowest BCUT2D eigenvalue weighted by Gasteiger charge is -2.33. The SMILES string of the molecule is CC(C)(C)OC(=O)N1CCC2(C1)Oc1ncccc1NC2=O. The molecular weight excluding hydrogens is 286 g/mol. The number of hydrogen-bond donors (Lipinski definition) is 1. The Balaban J connectivity index is 1.77. The first kappa shape index (κ1) is 14.6. The normalized spacial score (nSPS) is 23.8. The van der Waals surface area contributed by atoms with E-state index in [-0.39, 0.29) is 12.5 Å². The molecule has 1 atom stereocenters. The van der Waals surface area contributed by atoms with Crippen LogP contribution in [0.1, 0.15) is 27.2 Å². The van der Waals surface area contributed by atoms with E-state index in [1.807, 2.05) is 0 Å². The number of pyridine rings is 1. The highest BCUT2D eigenvalue weighted by molar-refractivity contribution is 6.01. The van der Waals surface area contributed by atoms with Crippen molar-refractivity contribution in [1.82, 2.24) is 9.88 Å². The van der Waals surface area contributed by atoms with Crippen molar-refractivity contribution in [1.29, 1.82) is 0 Å². The first-order valence-electron chi connectivity index (χ1n) is 7.23. The highest BCUT2D eigenvalue weighted by Crippen LogP contribution is 2.36. The molecule has 7 heteroatoms. The van der Waals surface area contributed by atoms with E-state index in [9.17, 15) is 9.59 Å². The second kappa shape index (κ2) is 4.86. The van der Waals surface area contributed by atoms with Gasteiger partial charge < -0.3 is 19.7 Å². The molecule has 7 nitrogen and oxygen atoms in total. The minimum atomic E-state index is -1.09. The number of nitrogens with one attached hydrogen (secondary N) is 1. The van der Waals surface area contributed by atoms with Gasteiger partial charge in [-0.3, -0.25) is 4.79 Å². The molecule has 1 saturated heterocycles. The molecule has 1 fully saturated rings. The largest absolute Gasteiger partial charge is 0.457 e. The summed E-state index contributed by atoms with van der Waals surface area (Å²) in [6.45, 7) is 5.98. The van der Waals surface area contributed by atoms with Gasteiger partial charge >= 0.3 is 6.09 Å². The fourth-order valence-electron chi connectivity index (χ4n) is 2.57. The van der Waals surface area contributed by atoms with Crippen molar-refractivity contribution in [3.63, 3.8) is 0 Å². The molecule has 0 aromatic carbocycles. The molecule has 3 heterocycles. The van der Waals surface area contributed by atoms with Gasteiger partial charge in [-0.1, -0.05) is 0 Å². The van der Waals surface area contributed by atoms with E-state index >= 15 is 0 Å². The van der Waals surface area contributed by atoms with Gasteiger partial charge in [0.25, 0.3) is 5.91 Å². The number of nitrogens with zero attached hydrogens (tertiary/aromatic N) is 2. The van der Waals surface area contributed by atoms with Gasteiger partial charge in [0.1, 0.15) is 11.3 Å². The fourth-order valence-corrected chi connectivity index (χ4v) is 2.57. The van der Waals surface area contributed by atoms with Crippen LogP contribution in [0.5, 0.6) is 5.88 Å². The van der Waals surface area contributed by atoms with Gasteiger partial charge in [0.15, 0.2) is 0 Å². The average Bonchev–Trinajstić information content (AvgIpc) is 2.84. The van der Waals surface area contributed by atoms with Crippen molar-refractivity contribution in [3.05, 3.63) is 18.3 Å². The highest BCUT2D eigenvalue weighted by atomic mass is 16.6. The van der Waals surface area contributed by atoms with Crippen molar-refractivity contribution in [2.75, 3.05) is 18.4 Å². The Morgan fingerprint density at radius 2 is 2.27 bits per heavy atom. The molecular formula is C15H19N3O4. The van der Waals surface area contributed by atoms with E-state index < -0.39 is 17.3 Å². The van der Waals surface area contributed by atoms with Crippen molar-refractivity contribution in [2.45, 2.75) is 38.4 Å². The number of amides is 2. The Labute approximate surface area is 128 Å². The number of rotatable bonds is 0. The predicted molar refractivity (Wildman–Crippen MR) is 78.6 cm³/mol. The molecule has 0 radical (unpaired) electrons. The maximum Gasteiger partial charge on any atom is 0.410 e.